The fourth-order valence-electron chi connectivity index (χ4n) is 0.865. The van der Waals surface area contributed by atoms with Crippen LogP contribution in [0.15, 0.2) is 22.0 Å². The molecule has 7 nitrogen and oxygen atoms in total. The highest BCUT2D eigenvalue weighted by molar-refractivity contribution is 5.95. The summed E-state index contributed by atoms with van der Waals surface area (Å²) in [6.07, 6.45) is 1.30. The normalized spacial score (nSPS) is 11.4. The zero-order valence-electron chi connectivity index (χ0n) is 7.54. The van der Waals surface area contributed by atoms with Crippen LogP contribution in [0.1, 0.15) is 10.5 Å². The van der Waals surface area contributed by atoms with Crippen LogP contribution >= 0.6 is 0 Å². The Kier molecular flexibility index (Phi) is 3.05. The van der Waals surface area contributed by atoms with E-state index in [1.54, 1.807) is 0 Å². The van der Waals surface area contributed by atoms with E-state index in [-0.39, 0.29) is 24.0 Å². The van der Waals surface area contributed by atoms with Crippen LogP contribution in [0.2, 0.25) is 0 Å². The molecule has 14 heavy (non-hydrogen) atoms. The van der Waals surface area contributed by atoms with Crippen LogP contribution < -0.4 is 5.73 Å². The summed E-state index contributed by atoms with van der Waals surface area (Å²) in [5.74, 6) is -0.408. The quantitative estimate of drug-likeness (QED) is 0.294. The number of likely N-dealkylation sites (N-methyl/N-ethyl adjacent to an activating group) is 1. The third kappa shape index (κ3) is 2.22. The molecule has 0 aliphatic heterocycles. The van der Waals surface area contributed by atoms with E-state index in [2.05, 4.69) is 14.8 Å². The van der Waals surface area contributed by atoms with Crippen molar-refractivity contribution in [3.63, 3.8) is 0 Å². The molecule has 0 bridgehead atoms. The van der Waals surface area contributed by atoms with Crippen LogP contribution in [-0.2, 0) is 0 Å². The van der Waals surface area contributed by atoms with Crippen LogP contribution in [0.25, 0.3) is 0 Å². The maximum absolute atomic E-state index is 11.5. The number of carbonyl (C=O) groups excluding carboxylic acids is 1. The van der Waals surface area contributed by atoms with Gasteiger partial charge >= 0.3 is 0 Å². The van der Waals surface area contributed by atoms with Gasteiger partial charge in [-0.3, -0.25) is 4.79 Å². The SMILES string of the molecule is CN(CC(N)=NO)C(=O)c1ccon1. The number of hydrogen-bond acceptors (Lipinski definition) is 5. The number of carbonyl (C=O) groups is 1. The van der Waals surface area contributed by atoms with Gasteiger partial charge in [0.2, 0.25) is 0 Å². The van der Waals surface area contributed by atoms with E-state index in [1.165, 1.54) is 24.3 Å². The minimum absolute atomic E-state index is 0.0300. The molecule has 0 unspecified atom stereocenters. The van der Waals surface area contributed by atoms with Gasteiger partial charge in [0, 0.05) is 13.1 Å². The number of hydrogen-bond donors (Lipinski definition) is 2. The molecule has 0 aromatic carbocycles. The van der Waals surface area contributed by atoms with E-state index in [9.17, 15) is 4.79 Å². The van der Waals surface area contributed by atoms with Crippen molar-refractivity contribution >= 4 is 11.7 Å². The molecule has 0 atom stereocenters. The Morgan fingerprint density at radius 2 is 2.57 bits per heavy atom. The lowest BCUT2D eigenvalue weighted by atomic mass is 10.3. The summed E-state index contributed by atoms with van der Waals surface area (Å²) in [6.45, 7) is 0.0300. The molecule has 0 spiro atoms. The van der Waals surface area contributed by atoms with Gasteiger partial charge in [0.15, 0.2) is 11.5 Å². The minimum atomic E-state index is -0.356. The lowest BCUT2D eigenvalue weighted by Gasteiger charge is -2.13. The number of nitrogens with zero attached hydrogens (tertiary/aromatic N) is 3. The highest BCUT2D eigenvalue weighted by Crippen LogP contribution is 1.99. The van der Waals surface area contributed by atoms with E-state index < -0.39 is 0 Å². The summed E-state index contributed by atoms with van der Waals surface area (Å²) in [6, 6.07) is 1.44. The first-order valence-electron chi connectivity index (χ1n) is 3.77. The van der Waals surface area contributed by atoms with Crippen LogP contribution in [0, 0.1) is 0 Å². The summed E-state index contributed by atoms with van der Waals surface area (Å²) in [7, 11) is 1.51. The molecule has 0 aliphatic rings. The Hall–Kier alpha value is -2.05. The van der Waals surface area contributed by atoms with E-state index >= 15 is 0 Å². The van der Waals surface area contributed by atoms with Crippen LogP contribution in [0.3, 0.4) is 0 Å². The maximum atomic E-state index is 11.5. The molecule has 7 heteroatoms. The lowest BCUT2D eigenvalue weighted by Crippen LogP contribution is -2.35. The third-order valence-corrected chi connectivity index (χ3v) is 1.53. The predicted molar refractivity (Wildman–Crippen MR) is 46.9 cm³/mol. The molecule has 1 amide bonds. The van der Waals surface area contributed by atoms with Gasteiger partial charge in [0.05, 0.1) is 6.54 Å². The average molecular weight is 198 g/mol. The molecule has 0 radical (unpaired) electrons. The Bertz CT molecular complexity index is 333. The highest BCUT2D eigenvalue weighted by atomic mass is 16.5. The molecule has 1 heterocycles. The van der Waals surface area contributed by atoms with Crippen molar-refractivity contribution in [1.29, 1.82) is 0 Å². The van der Waals surface area contributed by atoms with Gasteiger partial charge in [-0.15, -0.1) is 0 Å². The number of amidine groups is 1. The zero-order valence-corrected chi connectivity index (χ0v) is 7.54. The molecule has 1 aromatic rings. The topological polar surface area (TPSA) is 105 Å². The van der Waals surface area contributed by atoms with Gasteiger partial charge in [-0.25, -0.2) is 0 Å². The van der Waals surface area contributed by atoms with Crippen molar-refractivity contribution < 1.29 is 14.5 Å². The second kappa shape index (κ2) is 4.26. The predicted octanol–water partition coefficient (Wildman–Crippen LogP) is -0.507. The third-order valence-electron chi connectivity index (χ3n) is 1.53. The Balaban J connectivity index is 2.62. The molecule has 0 fully saturated rings. The molecule has 1 aromatic heterocycles. The number of rotatable bonds is 3. The van der Waals surface area contributed by atoms with E-state index in [4.69, 9.17) is 10.9 Å². The van der Waals surface area contributed by atoms with Crippen molar-refractivity contribution in [2.75, 3.05) is 13.6 Å². The molecule has 0 aliphatic carbocycles. The maximum Gasteiger partial charge on any atom is 0.276 e. The van der Waals surface area contributed by atoms with Crippen molar-refractivity contribution in [3.05, 3.63) is 18.0 Å². The van der Waals surface area contributed by atoms with Gasteiger partial charge in [-0.2, -0.15) is 0 Å². The monoisotopic (exact) mass is 198 g/mol. The van der Waals surface area contributed by atoms with Gasteiger partial charge in [-0.05, 0) is 0 Å². The molecular formula is C7H10N4O3. The number of aromatic nitrogens is 1. The van der Waals surface area contributed by atoms with E-state index in [0.29, 0.717) is 0 Å². The largest absolute Gasteiger partial charge is 0.409 e. The summed E-state index contributed by atoms with van der Waals surface area (Å²) in [4.78, 5) is 12.7. The summed E-state index contributed by atoms with van der Waals surface area (Å²) in [5, 5.41) is 14.5. The smallest absolute Gasteiger partial charge is 0.276 e. The van der Waals surface area contributed by atoms with Crippen molar-refractivity contribution in [2.24, 2.45) is 10.9 Å². The number of nitrogens with two attached hydrogens (primary N) is 1. The zero-order chi connectivity index (χ0) is 10.6. The van der Waals surface area contributed by atoms with Gasteiger partial charge < -0.3 is 20.4 Å². The van der Waals surface area contributed by atoms with Crippen molar-refractivity contribution in [3.8, 4) is 0 Å². The minimum Gasteiger partial charge on any atom is -0.409 e. The molecule has 3 N–H and O–H groups in total. The first kappa shape index (κ1) is 10.0. The fraction of sp³-hybridized carbons (Fsp3) is 0.286. The van der Waals surface area contributed by atoms with E-state index in [0.717, 1.165) is 0 Å². The number of oxime groups is 1. The van der Waals surface area contributed by atoms with Gasteiger partial charge in [-0.1, -0.05) is 10.3 Å². The summed E-state index contributed by atoms with van der Waals surface area (Å²) in [5.41, 5.74) is 5.41. The van der Waals surface area contributed by atoms with Gasteiger partial charge in [0.1, 0.15) is 6.26 Å². The Morgan fingerprint density at radius 1 is 1.86 bits per heavy atom. The van der Waals surface area contributed by atoms with Crippen LogP contribution in [0.4, 0.5) is 0 Å². The van der Waals surface area contributed by atoms with Crippen molar-refractivity contribution in [2.45, 2.75) is 0 Å². The highest BCUT2D eigenvalue weighted by Gasteiger charge is 2.15. The second-order valence-electron chi connectivity index (χ2n) is 2.64. The Morgan fingerprint density at radius 3 is 3.07 bits per heavy atom. The average Bonchev–Trinajstić information content (AvgIpc) is 2.69. The van der Waals surface area contributed by atoms with Crippen molar-refractivity contribution in [1.82, 2.24) is 10.1 Å². The first-order valence-corrected chi connectivity index (χ1v) is 3.77. The number of amides is 1. The Labute approximate surface area is 79.8 Å². The first-order chi connectivity index (χ1) is 6.65. The fourth-order valence-corrected chi connectivity index (χ4v) is 0.865. The molecule has 0 saturated heterocycles. The summed E-state index contributed by atoms with van der Waals surface area (Å²) >= 11 is 0. The van der Waals surface area contributed by atoms with Crippen LogP contribution in [-0.4, -0.2) is 40.6 Å². The van der Waals surface area contributed by atoms with Gasteiger partial charge in [0.25, 0.3) is 5.91 Å². The van der Waals surface area contributed by atoms with E-state index in [1.807, 2.05) is 0 Å². The molecule has 0 saturated carbocycles. The molecular weight excluding hydrogens is 188 g/mol. The lowest BCUT2D eigenvalue weighted by molar-refractivity contribution is 0.0803. The molecule has 1 rings (SSSR count). The standard InChI is InChI=1S/C7H10N4O3/c1-11(4-6(8)9-13)7(12)5-2-3-14-10-5/h2-3,13H,4H2,1H3,(H2,8,9). The van der Waals surface area contributed by atoms with Crippen LogP contribution in [0.5, 0.6) is 0 Å². The second-order valence-corrected chi connectivity index (χ2v) is 2.64. The summed E-state index contributed by atoms with van der Waals surface area (Å²) < 4.78 is 4.51. The molecule has 76 valence electrons.